The molecular weight excluding hydrogens is 302 g/mol. The zero-order valence-corrected chi connectivity index (χ0v) is 15.2. The second kappa shape index (κ2) is 7.36. The van der Waals surface area contributed by atoms with Gasteiger partial charge in [0.1, 0.15) is 5.82 Å². The number of hydrogen-bond acceptors (Lipinski definition) is 5. The molecule has 0 aliphatic carbocycles. The Kier molecular flexibility index (Phi) is 5.21. The standard InChI is InChI=1S/C18H29N5O/c1-14(2)17(24)22-9-11-23(12-10-22)18-19-15(3)13-16(20-18)21-7-5-4-6-8-21/h13-14H,4-12H2,1-3H3. The summed E-state index contributed by atoms with van der Waals surface area (Å²) in [6, 6.07) is 2.09. The Bertz CT molecular complexity index is 575. The molecule has 0 atom stereocenters. The number of anilines is 2. The van der Waals surface area contributed by atoms with Gasteiger partial charge in [-0.15, -0.1) is 0 Å². The molecule has 6 heteroatoms. The summed E-state index contributed by atoms with van der Waals surface area (Å²) >= 11 is 0. The van der Waals surface area contributed by atoms with Gasteiger partial charge >= 0.3 is 0 Å². The Balaban J connectivity index is 1.69. The molecule has 6 nitrogen and oxygen atoms in total. The molecule has 0 spiro atoms. The van der Waals surface area contributed by atoms with Crippen molar-refractivity contribution in [2.24, 2.45) is 5.92 Å². The molecule has 1 aromatic heterocycles. The largest absolute Gasteiger partial charge is 0.356 e. The second-order valence-electron chi connectivity index (χ2n) is 7.18. The first-order valence-corrected chi connectivity index (χ1v) is 9.19. The van der Waals surface area contributed by atoms with E-state index in [1.807, 2.05) is 25.7 Å². The van der Waals surface area contributed by atoms with E-state index in [2.05, 4.69) is 20.9 Å². The molecule has 0 N–H and O–H groups in total. The third-order valence-electron chi connectivity index (χ3n) is 4.88. The highest BCUT2D eigenvalue weighted by Crippen LogP contribution is 2.22. The third-order valence-corrected chi connectivity index (χ3v) is 4.88. The summed E-state index contributed by atoms with van der Waals surface area (Å²) in [5.74, 6) is 2.18. The number of amides is 1. The van der Waals surface area contributed by atoms with E-state index in [4.69, 9.17) is 4.98 Å². The first-order chi connectivity index (χ1) is 11.5. The van der Waals surface area contributed by atoms with Crippen molar-refractivity contribution in [3.05, 3.63) is 11.8 Å². The topological polar surface area (TPSA) is 52.6 Å². The molecule has 0 unspecified atom stereocenters. The molecular formula is C18H29N5O. The number of carbonyl (C=O) groups excluding carboxylic acids is 1. The minimum Gasteiger partial charge on any atom is -0.356 e. The van der Waals surface area contributed by atoms with Gasteiger partial charge in [0.05, 0.1) is 0 Å². The maximum absolute atomic E-state index is 12.1. The highest BCUT2D eigenvalue weighted by molar-refractivity contribution is 5.78. The van der Waals surface area contributed by atoms with Crippen LogP contribution in [0.2, 0.25) is 0 Å². The van der Waals surface area contributed by atoms with Crippen LogP contribution in [0.25, 0.3) is 0 Å². The first kappa shape index (κ1) is 17.0. The predicted octanol–water partition coefficient (Wildman–Crippen LogP) is 2.08. The fourth-order valence-electron chi connectivity index (χ4n) is 3.45. The summed E-state index contributed by atoms with van der Waals surface area (Å²) in [5, 5.41) is 0. The zero-order chi connectivity index (χ0) is 17.1. The maximum atomic E-state index is 12.1. The quantitative estimate of drug-likeness (QED) is 0.849. The van der Waals surface area contributed by atoms with Crippen molar-refractivity contribution < 1.29 is 4.79 Å². The van der Waals surface area contributed by atoms with Crippen LogP contribution in [0.4, 0.5) is 11.8 Å². The van der Waals surface area contributed by atoms with Gasteiger partial charge in [0.15, 0.2) is 0 Å². The molecule has 3 rings (SSSR count). The molecule has 2 saturated heterocycles. The number of aromatic nitrogens is 2. The predicted molar refractivity (Wildman–Crippen MR) is 96.5 cm³/mol. The lowest BCUT2D eigenvalue weighted by Crippen LogP contribution is -2.50. The lowest BCUT2D eigenvalue weighted by atomic mass is 10.1. The van der Waals surface area contributed by atoms with Gasteiger partial charge in [0, 0.05) is 56.9 Å². The second-order valence-corrected chi connectivity index (χ2v) is 7.18. The van der Waals surface area contributed by atoms with E-state index in [0.29, 0.717) is 0 Å². The number of rotatable bonds is 3. The first-order valence-electron chi connectivity index (χ1n) is 9.19. The monoisotopic (exact) mass is 331 g/mol. The van der Waals surface area contributed by atoms with Crippen LogP contribution in [-0.2, 0) is 4.79 Å². The Morgan fingerprint density at radius 1 is 0.958 bits per heavy atom. The molecule has 132 valence electrons. The van der Waals surface area contributed by atoms with Crippen molar-refractivity contribution >= 4 is 17.7 Å². The van der Waals surface area contributed by atoms with Gasteiger partial charge in [-0.3, -0.25) is 4.79 Å². The third kappa shape index (κ3) is 3.79. The van der Waals surface area contributed by atoms with Crippen molar-refractivity contribution in [3.8, 4) is 0 Å². The van der Waals surface area contributed by atoms with Gasteiger partial charge < -0.3 is 14.7 Å². The van der Waals surface area contributed by atoms with Crippen LogP contribution in [0.3, 0.4) is 0 Å². The normalized spacial score (nSPS) is 19.1. The number of aryl methyl sites for hydroxylation is 1. The summed E-state index contributed by atoms with van der Waals surface area (Å²) in [6.45, 7) is 11.3. The van der Waals surface area contributed by atoms with Gasteiger partial charge in [-0.2, -0.15) is 4.98 Å². The Hall–Kier alpha value is -1.85. The van der Waals surface area contributed by atoms with Gasteiger partial charge in [0.25, 0.3) is 0 Å². The summed E-state index contributed by atoms with van der Waals surface area (Å²) in [5.41, 5.74) is 1.02. The fourth-order valence-corrected chi connectivity index (χ4v) is 3.45. The van der Waals surface area contributed by atoms with E-state index in [0.717, 1.165) is 56.7 Å². The summed E-state index contributed by atoms with van der Waals surface area (Å²) in [6.07, 6.45) is 3.81. The summed E-state index contributed by atoms with van der Waals surface area (Å²) < 4.78 is 0. The Morgan fingerprint density at radius 2 is 1.62 bits per heavy atom. The van der Waals surface area contributed by atoms with E-state index in [9.17, 15) is 4.79 Å². The minimum atomic E-state index is 0.0671. The molecule has 2 aliphatic heterocycles. The van der Waals surface area contributed by atoms with Crippen molar-refractivity contribution in [1.82, 2.24) is 14.9 Å². The Labute approximate surface area is 144 Å². The minimum absolute atomic E-state index is 0.0671. The average molecular weight is 331 g/mol. The molecule has 0 bridgehead atoms. The van der Waals surface area contributed by atoms with Gasteiger partial charge in [-0.05, 0) is 26.2 Å². The van der Waals surface area contributed by atoms with E-state index in [1.54, 1.807) is 0 Å². The maximum Gasteiger partial charge on any atom is 0.227 e. The molecule has 2 fully saturated rings. The lowest BCUT2D eigenvalue weighted by Gasteiger charge is -2.36. The van der Waals surface area contributed by atoms with E-state index >= 15 is 0 Å². The smallest absolute Gasteiger partial charge is 0.227 e. The van der Waals surface area contributed by atoms with Gasteiger partial charge in [-0.1, -0.05) is 13.8 Å². The van der Waals surface area contributed by atoms with Gasteiger partial charge in [0.2, 0.25) is 11.9 Å². The number of nitrogens with zero attached hydrogens (tertiary/aromatic N) is 5. The number of hydrogen-bond donors (Lipinski definition) is 0. The van der Waals surface area contributed by atoms with E-state index in [-0.39, 0.29) is 11.8 Å². The van der Waals surface area contributed by atoms with Crippen LogP contribution in [0.15, 0.2) is 6.07 Å². The molecule has 1 aromatic rings. The van der Waals surface area contributed by atoms with Gasteiger partial charge in [-0.25, -0.2) is 4.98 Å². The number of piperidine rings is 1. The molecule has 2 aliphatic rings. The summed E-state index contributed by atoms with van der Waals surface area (Å²) in [4.78, 5) is 28.1. The highest BCUT2D eigenvalue weighted by Gasteiger charge is 2.25. The number of piperazine rings is 1. The van der Waals surface area contributed by atoms with Crippen LogP contribution in [-0.4, -0.2) is 60.0 Å². The van der Waals surface area contributed by atoms with Crippen molar-refractivity contribution in [2.45, 2.75) is 40.0 Å². The van der Waals surface area contributed by atoms with Crippen molar-refractivity contribution in [2.75, 3.05) is 49.1 Å². The van der Waals surface area contributed by atoms with Crippen molar-refractivity contribution in [3.63, 3.8) is 0 Å². The van der Waals surface area contributed by atoms with E-state index < -0.39 is 0 Å². The molecule has 0 radical (unpaired) electrons. The molecule has 0 saturated carbocycles. The summed E-state index contributed by atoms with van der Waals surface area (Å²) in [7, 11) is 0. The highest BCUT2D eigenvalue weighted by atomic mass is 16.2. The van der Waals surface area contributed by atoms with Crippen LogP contribution in [0.1, 0.15) is 38.8 Å². The van der Waals surface area contributed by atoms with Crippen LogP contribution >= 0.6 is 0 Å². The SMILES string of the molecule is Cc1cc(N2CCCCC2)nc(N2CCN(C(=O)C(C)C)CC2)n1. The van der Waals surface area contributed by atoms with Crippen molar-refractivity contribution in [1.29, 1.82) is 0 Å². The average Bonchev–Trinajstić information content (AvgIpc) is 2.61. The van der Waals surface area contributed by atoms with E-state index in [1.165, 1.54) is 19.3 Å². The fraction of sp³-hybridized carbons (Fsp3) is 0.722. The zero-order valence-electron chi connectivity index (χ0n) is 15.2. The lowest BCUT2D eigenvalue weighted by molar-refractivity contribution is -0.134. The molecule has 1 amide bonds. The number of carbonyl (C=O) groups is 1. The van der Waals surface area contributed by atoms with Crippen LogP contribution in [0, 0.1) is 12.8 Å². The molecule has 3 heterocycles. The molecule has 0 aromatic carbocycles. The van der Waals surface area contributed by atoms with Crippen LogP contribution < -0.4 is 9.80 Å². The van der Waals surface area contributed by atoms with Crippen LogP contribution in [0.5, 0.6) is 0 Å². The Morgan fingerprint density at radius 3 is 2.25 bits per heavy atom. The molecule has 24 heavy (non-hydrogen) atoms.